The van der Waals surface area contributed by atoms with Gasteiger partial charge in [-0.25, -0.2) is 0 Å². The third-order valence-electron chi connectivity index (χ3n) is 2.77. The average molecular weight is 322 g/mol. The van der Waals surface area contributed by atoms with Crippen molar-refractivity contribution in [1.82, 2.24) is 5.32 Å². The minimum Gasteiger partial charge on any atom is -0.481 e. The Labute approximate surface area is 133 Å². The van der Waals surface area contributed by atoms with Crippen LogP contribution in [0.15, 0.2) is 30.0 Å². The number of carbonyl (C=O) groups is 2. The van der Waals surface area contributed by atoms with Crippen molar-refractivity contribution in [3.63, 3.8) is 0 Å². The Morgan fingerprint density at radius 3 is 2.82 bits per heavy atom. The van der Waals surface area contributed by atoms with Crippen LogP contribution in [0.5, 0.6) is 0 Å². The van der Waals surface area contributed by atoms with Crippen LogP contribution in [0.1, 0.15) is 18.4 Å². The summed E-state index contributed by atoms with van der Waals surface area (Å²) in [5.41, 5.74) is 1.25. The number of amides is 1. The predicted octanol–water partition coefficient (Wildman–Crippen LogP) is 2.45. The van der Waals surface area contributed by atoms with Gasteiger partial charge in [0, 0.05) is 29.9 Å². The quantitative estimate of drug-likeness (QED) is 0.406. The molecule has 0 fully saturated rings. The first-order valence-corrected chi connectivity index (χ1v) is 6.94. The van der Waals surface area contributed by atoms with Crippen LogP contribution in [0.25, 0.3) is 0 Å². The number of carboxylic acid groups (broad SMARTS) is 1. The van der Waals surface area contributed by atoms with Crippen molar-refractivity contribution in [2.24, 2.45) is 0 Å². The largest absolute Gasteiger partial charge is 0.481 e. The van der Waals surface area contributed by atoms with Crippen LogP contribution in [-0.4, -0.2) is 23.5 Å². The first-order valence-electron chi connectivity index (χ1n) is 6.57. The zero-order chi connectivity index (χ0) is 16.5. The summed E-state index contributed by atoms with van der Waals surface area (Å²) in [7, 11) is 0. The zero-order valence-electron chi connectivity index (χ0n) is 12.0. The van der Waals surface area contributed by atoms with Crippen molar-refractivity contribution in [1.29, 1.82) is 5.26 Å². The minimum absolute atomic E-state index is 0.0244. The van der Waals surface area contributed by atoms with E-state index in [-0.39, 0.29) is 12.0 Å². The maximum atomic E-state index is 12.0. The summed E-state index contributed by atoms with van der Waals surface area (Å²) in [6.45, 7) is 2.17. The van der Waals surface area contributed by atoms with Crippen LogP contribution in [0.2, 0.25) is 5.02 Å². The Morgan fingerprint density at radius 1 is 1.45 bits per heavy atom. The number of carboxylic acids is 1. The van der Waals surface area contributed by atoms with Crippen LogP contribution in [-0.2, 0) is 9.59 Å². The molecule has 22 heavy (non-hydrogen) atoms. The lowest BCUT2D eigenvalue weighted by Gasteiger charge is -2.08. The van der Waals surface area contributed by atoms with E-state index in [4.69, 9.17) is 22.0 Å². The molecule has 0 bridgehead atoms. The summed E-state index contributed by atoms with van der Waals surface area (Å²) in [4.78, 5) is 22.4. The smallest absolute Gasteiger partial charge is 0.303 e. The lowest BCUT2D eigenvalue weighted by Crippen LogP contribution is -2.18. The summed E-state index contributed by atoms with van der Waals surface area (Å²) in [6, 6.07) is 6.86. The van der Waals surface area contributed by atoms with Crippen LogP contribution in [0.4, 0.5) is 5.69 Å². The fraction of sp³-hybridized carbons (Fsp3) is 0.267. The number of aryl methyl sites for hydroxylation is 1. The highest BCUT2D eigenvalue weighted by Gasteiger charge is 2.10. The molecule has 0 aliphatic carbocycles. The Kier molecular flexibility index (Phi) is 6.93. The predicted molar refractivity (Wildman–Crippen MR) is 83.4 cm³/mol. The molecule has 0 unspecified atom stereocenters. The summed E-state index contributed by atoms with van der Waals surface area (Å²) in [5.74, 6) is -1.45. The van der Waals surface area contributed by atoms with Crippen molar-refractivity contribution in [3.8, 4) is 6.07 Å². The third kappa shape index (κ3) is 5.85. The van der Waals surface area contributed by atoms with Gasteiger partial charge in [0.2, 0.25) is 0 Å². The van der Waals surface area contributed by atoms with E-state index in [0.29, 0.717) is 23.7 Å². The molecule has 1 aromatic carbocycles. The molecule has 0 atom stereocenters. The van der Waals surface area contributed by atoms with Gasteiger partial charge < -0.3 is 15.7 Å². The van der Waals surface area contributed by atoms with E-state index in [1.165, 1.54) is 6.20 Å². The van der Waals surface area contributed by atoms with Gasteiger partial charge >= 0.3 is 5.97 Å². The number of nitrogens with zero attached hydrogens (tertiary/aromatic N) is 1. The molecule has 0 aromatic heterocycles. The number of carbonyl (C=O) groups excluding carboxylic acids is 1. The van der Waals surface area contributed by atoms with E-state index >= 15 is 0 Å². The van der Waals surface area contributed by atoms with Gasteiger partial charge in [-0.3, -0.25) is 9.59 Å². The monoisotopic (exact) mass is 321 g/mol. The van der Waals surface area contributed by atoms with Crippen molar-refractivity contribution in [2.45, 2.75) is 19.8 Å². The molecule has 0 saturated carbocycles. The van der Waals surface area contributed by atoms with E-state index in [1.807, 2.05) is 6.92 Å². The molecule has 6 nitrogen and oxygen atoms in total. The number of anilines is 1. The Hall–Kier alpha value is -2.52. The molecule has 116 valence electrons. The highest BCUT2D eigenvalue weighted by Crippen LogP contribution is 2.20. The van der Waals surface area contributed by atoms with Gasteiger partial charge in [-0.2, -0.15) is 5.26 Å². The number of nitrogens with one attached hydrogen (secondary N) is 2. The van der Waals surface area contributed by atoms with Gasteiger partial charge in [0.05, 0.1) is 0 Å². The first-order chi connectivity index (χ1) is 10.4. The third-order valence-corrected chi connectivity index (χ3v) is 3.01. The lowest BCUT2D eigenvalue weighted by molar-refractivity contribution is -0.137. The van der Waals surface area contributed by atoms with Crippen LogP contribution >= 0.6 is 11.6 Å². The van der Waals surface area contributed by atoms with Crippen molar-refractivity contribution in [2.75, 3.05) is 11.9 Å². The fourth-order valence-corrected chi connectivity index (χ4v) is 1.76. The maximum Gasteiger partial charge on any atom is 0.303 e. The molecule has 0 heterocycles. The van der Waals surface area contributed by atoms with Crippen molar-refractivity contribution >= 4 is 29.2 Å². The Bertz CT molecular complexity index is 635. The second-order valence-corrected chi connectivity index (χ2v) is 4.97. The second-order valence-electron chi connectivity index (χ2n) is 4.53. The number of aliphatic carboxylic acids is 1. The number of hydrogen-bond donors (Lipinski definition) is 3. The molecular formula is C15H16ClN3O3. The van der Waals surface area contributed by atoms with E-state index in [9.17, 15) is 9.59 Å². The van der Waals surface area contributed by atoms with Gasteiger partial charge in [-0.15, -0.1) is 0 Å². The fourth-order valence-electron chi connectivity index (χ4n) is 1.58. The highest BCUT2D eigenvalue weighted by molar-refractivity contribution is 6.31. The molecule has 7 heteroatoms. The Morgan fingerprint density at radius 2 is 2.18 bits per heavy atom. The normalized spacial score (nSPS) is 10.7. The highest BCUT2D eigenvalue weighted by atomic mass is 35.5. The van der Waals surface area contributed by atoms with E-state index in [1.54, 1.807) is 24.3 Å². The van der Waals surface area contributed by atoms with Crippen LogP contribution in [0.3, 0.4) is 0 Å². The minimum atomic E-state index is -0.888. The number of nitriles is 1. The molecule has 3 N–H and O–H groups in total. The zero-order valence-corrected chi connectivity index (χ0v) is 12.8. The maximum absolute atomic E-state index is 12.0. The summed E-state index contributed by atoms with van der Waals surface area (Å²) in [6.07, 6.45) is 1.70. The summed E-state index contributed by atoms with van der Waals surface area (Å²) < 4.78 is 0. The standard InChI is InChI=1S/C15H16ClN3O3/c1-10-4-5-12(16)7-13(10)19-15(22)11(8-17)9-18-6-2-3-14(20)21/h4-5,7,9,18H,2-3,6H2,1H3,(H,19,22)(H,20,21)/b11-9-. The first kappa shape index (κ1) is 17.5. The SMILES string of the molecule is Cc1ccc(Cl)cc1NC(=O)/C(C#N)=C\NCCCC(=O)O. The van der Waals surface area contributed by atoms with Gasteiger partial charge in [0.1, 0.15) is 11.6 Å². The van der Waals surface area contributed by atoms with Crippen LogP contribution < -0.4 is 10.6 Å². The van der Waals surface area contributed by atoms with Crippen molar-refractivity contribution in [3.05, 3.63) is 40.6 Å². The lowest BCUT2D eigenvalue weighted by atomic mass is 10.2. The molecule has 0 aliphatic rings. The average Bonchev–Trinajstić information content (AvgIpc) is 2.46. The van der Waals surface area contributed by atoms with Crippen LogP contribution in [0, 0.1) is 18.3 Å². The Balaban J connectivity index is 2.63. The molecule has 0 radical (unpaired) electrons. The van der Waals surface area contributed by atoms with Crippen molar-refractivity contribution < 1.29 is 14.7 Å². The summed E-state index contributed by atoms with van der Waals surface area (Å²) in [5, 5.41) is 23.3. The molecule has 1 aromatic rings. The number of rotatable bonds is 7. The number of benzene rings is 1. The molecule has 0 saturated heterocycles. The van der Waals surface area contributed by atoms with E-state index < -0.39 is 11.9 Å². The number of halogens is 1. The molecule has 0 aliphatic heterocycles. The molecule has 0 spiro atoms. The molecule has 1 amide bonds. The molecule has 1 rings (SSSR count). The number of hydrogen-bond acceptors (Lipinski definition) is 4. The van der Waals surface area contributed by atoms with E-state index in [2.05, 4.69) is 10.6 Å². The summed E-state index contributed by atoms with van der Waals surface area (Å²) >= 11 is 5.87. The van der Waals surface area contributed by atoms with Gasteiger partial charge in [0.25, 0.3) is 5.91 Å². The van der Waals surface area contributed by atoms with E-state index in [0.717, 1.165) is 5.56 Å². The van der Waals surface area contributed by atoms with Gasteiger partial charge in [-0.1, -0.05) is 17.7 Å². The van der Waals surface area contributed by atoms with Gasteiger partial charge in [-0.05, 0) is 31.0 Å². The second kappa shape index (κ2) is 8.70. The topological polar surface area (TPSA) is 102 Å². The molecular weight excluding hydrogens is 306 g/mol. The van der Waals surface area contributed by atoms with Gasteiger partial charge in [0.15, 0.2) is 0 Å².